The highest BCUT2D eigenvalue weighted by Crippen LogP contribution is 2.15. The highest BCUT2D eigenvalue weighted by atomic mass is 16.5. The van der Waals surface area contributed by atoms with E-state index in [9.17, 15) is 4.79 Å². The Morgan fingerprint density at radius 3 is 2.79 bits per heavy atom. The summed E-state index contributed by atoms with van der Waals surface area (Å²) in [5.74, 6) is 0.603. The molecule has 0 aliphatic rings. The summed E-state index contributed by atoms with van der Waals surface area (Å²) in [6, 6.07) is 3.37. The van der Waals surface area contributed by atoms with E-state index in [0.717, 1.165) is 23.2 Å². The van der Waals surface area contributed by atoms with Crippen LogP contribution < -0.4 is 15.4 Å². The van der Waals surface area contributed by atoms with Crippen LogP contribution in [0.25, 0.3) is 0 Å². The van der Waals surface area contributed by atoms with Crippen LogP contribution in [0.1, 0.15) is 43.1 Å². The van der Waals surface area contributed by atoms with Crippen molar-refractivity contribution < 1.29 is 9.53 Å². The first-order valence-electron chi connectivity index (χ1n) is 8.11. The molecule has 0 spiro atoms. The number of urea groups is 1. The van der Waals surface area contributed by atoms with Gasteiger partial charge in [-0.1, -0.05) is 13.0 Å². The van der Waals surface area contributed by atoms with Crippen molar-refractivity contribution in [3.63, 3.8) is 0 Å². The largest absolute Gasteiger partial charge is 0.478 e. The lowest BCUT2D eigenvalue weighted by Crippen LogP contribution is -2.36. The predicted molar refractivity (Wildman–Crippen MR) is 91.8 cm³/mol. The molecular formula is C17H25N5O2. The molecule has 0 radical (unpaired) electrons. The van der Waals surface area contributed by atoms with E-state index >= 15 is 0 Å². The van der Waals surface area contributed by atoms with Crippen molar-refractivity contribution in [2.45, 2.75) is 39.8 Å². The average molecular weight is 331 g/mol. The zero-order valence-electron chi connectivity index (χ0n) is 14.7. The Balaban J connectivity index is 1.81. The highest BCUT2D eigenvalue weighted by Gasteiger charge is 2.14. The van der Waals surface area contributed by atoms with Crippen molar-refractivity contribution in [3.8, 4) is 5.88 Å². The molecule has 2 heterocycles. The summed E-state index contributed by atoms with van der Waals surface area (Å²) < 4.78 is 7.18. The number of rotatable bonds is 7. The molecule has 24 heavy (non-hydrogen) atoms. The molecule has 2 N–H and O–H groups in total. The quantitative estimate of drug-likeness (QED) is 0.817. The highest BCUT2D eigenvalue weighted by molar-refractivity contribution is 5.74. The van der Waals surface area contributed by atoms with Crippen LogP contribution >= 0.6 is 0 Å². The van der Waals surface area contributed by atoms with E-state index in [1.165, 1.54) is 0 Å². The molecule has 2 aromatic rings. The lowest BCUT2D eigenvalue weighted by Gasteiger charge is -2.14. The average Bonchev–Trinajstić information content (AvgIpc) is 2.90. The molecule has 0 aromatic carbocycles. The van der Waals surface area contributed by atoms with Crippen LogP contribution in [0.3, 0.4) is 0 Å². The Labute approximate surface area is 142 Å². The third kappa shape index (κ3) is 4.97. The molecule has 2 aromatic heterocycles. The molecule has 0 saturated heterocycles. The van der Waals surface area contributed by atoms with E-state index in [0.29, 0.717) is 19.0 Å². The molecule has 2 rings (SSSR count). The fourth-order valence-corrected chi connectivity index (χ4v) is 2.36. The summed E-state index contributed by atoms with van der Waals surface area (Å²) in [6.07, 6.45) is 4.57. The zero-order chi connectivity index (χ0) is 17.5. The summed E-state index contributed by atoms with van der Waals surface area (Å²) >= 11 is 0. The fraction of sp³-hybridized carbons (Fsp3) is 0.471. The number of nitrogens with one attached hydrogen (secondary N) is 2. The SMILES string of the molecule is CCCOc1ccc(CNC(=O)N[C@@H](C)c2cn(C)nc2C)cn1. The van der Waals surface area contributed by atoms with Crippen LogP contribution in [0.5, 0.6) is 5.88 Å². The van der Waals surface area contributed by atoms with Crippen LogP contribution in [-0.2, 0) is 13.6 Å². The Hall–Kier alpha value is -2.57. The molecule has 0 fully saturated rings. The minimum Gasteiger partial charge on any atom is -0.478 e. The summed E-state index contributed by atoms with van der Waals surface area (Å²) in [6.45, 7) is 6.97. The van der Waals surface area contributed by atoms with Crippen LogP contribution in [0.15, 0.2) is 24.5 Å². The van der Waals surface area contributed by atoms with Gasteiger partial charge in [-0.25, -0.2) is 9.78 Å². The summed E-state index contributed by atoms with van der Waals surface area (Å²) in [4.78, 5) is 16.2. The minimum absolute atomic E-state index is 0.110. The Morgan fingerprint density at radius 2 is 2.21 bits per heavy atom. The number of hydrogen-bond acceptors (Lipinski definition) is 4. The van der Waals surface area contributed by atoms with Gasteiger partial charge in [-0.05, 0) is 25.8 Å². The number of hydrogen-bond donors (Lipinski definition) is 2. The van der Waals surface area contributed by atoms with E-state index in [2.05, 4.69) is 20.7 Å². The van der Waals surface area contributed by atoms with Crippen molar-refractivity contribution >= 4 is 6.03 Å². The topological polar surface area (TPSA) is 81.1 Å². The number of carbonyl (C=O) groups excluding carboxylic acids is 1. The third-order valence-corrected chi connectivity index (χ3v) is 3.57. The van der Waals surface area contributed by atoms with Crippen molar-refractivity contribution in [2.75, 3.05) is 6.61 Å². The number of nitrogens with zero attached hydrogens (tertiary/aromatic N) is 3. The molecule has 0 aliphatic carbocycles. The van der Waals surface area contributed by atoms with Crippen LogP contribution in [-0.4, -0.2) is 27.4 Å². The van der Waals surface area contributed by atoms with Gasteiger partial charge in [0.2, 0.25) is 5.88 Å². The van der Waals surface area contributed by atoms with Crippen molar-refractivity contribution in [1.29, 1.82) is 0 Å². The van der Waals surface area contributed by atoms with Gasteiger partial charge < -0.3 is 15.4 Å². The summed E-state index contributed by atoms with van der Waals surface area (Å²) in [5.41, 5.74) is 2.84. The van der Waals surface area contributed by atoms with Gasteiger partial charge in [0.15, 0.2) is 0 Å². The first-order valence-corrected chi connectivity index (χ1v) is 8.11. The van der Waals surface area contributed by atoms with Gasteiger partial charge in [-0.2, -0.15) is 5.10 Å². The second kappa shape index (κ2) is 8.33. The number of amides is 2. The zero-order valence-corrected chi connectivity index (χ0v) is 14.7. The maximum Gasteiger partial charge on any atom is 0.315 e. The maximum atomic E-state index is 12.0. The monoisotopic (exact) mass is 331 g/mol. The van der Waals surface area contributed by atoms with Crippen molar-refractivity contribution in [1.82, 2.24) is 25.4 Å². The van der Waals surface area contributed by atoms with Crippen LogP contribution in [0.4, 0.5) is 4.79 Å². The van der Waals surface area contributed by atoms with Gasteiger partial charge in [0.05, 0.1) is 18.3 Å². The number of aryl methyl sites for hydroxylation is 2. The molecule has 0 bridgehead atoms. The molecule has 0 unspecified atom stereocenters. The molecule has 0 saturated carbocycles. The van der Waals surface area contributed by atoms with E-state index in [4.69, 9.17) is 4.74 Å². The third-order valence-electron chi connectivity index (χ3n) is 3.57. The predicted octanol–water partition coefficient (Wildman–Crippen LogP) is 2.47. The van der Waals surface area contributed by atoms with Gasteiger partial charge >= 0.3 is 6.03 Å². The minimum atomic E-state index is -0.225. The molecule has 130 valence electrons. The number of ether oxygens (including phenoxy) is 1. The van der Waals surface area contributed by atoms with Gasteiger partial charge in [-0.15, -0.1) is 0 Å². The second-order valence-electron chi connectivity index (χ2n) is 5.75. The first-order chi connectivity index (χ1) is 11.5. The van der Waals surface area contributed by atoms with E-state index in [1.54, 1.807) is 10.9 Å². The second-order valence-corrected chi connectivity index (χ2v) is 5.75. The Morgan fingerprint density at radius 1 is 1.42 bits per heavy atom. The number of carbonyl (C=O) groups is 1. The first kappa shape index (κ1) is 17.8. The van der Waals surface area contributed by atoms with Gasteiger partial charge in [0.1, 0.15) is 0 Å². The van der Waals surface area contributed by atoms with E-state index in [-0.39, 0.29) is 12.1 Å². The number of pyridine rings is 1. The van der Waals surface area contributed by atoms with Gasteiger partial charge in [-0.3, -0.25) is 4.68 Å². The molecule has 1 atom stereocenters. The van der Waals surface area contributed by atoms with Crippen LogP contribution in [0.2, 0.25) is 0 Å². The molecule has 0 aliphatic heterocycles. The molecule has 7 heteroatoms. The van der Waals surface area contributed by atoms with E-state index in [1.807, 2.05) is 46.1 Å². The van der Waals surface area contributed by atoms with Crippen molar-refractivity contribution in [3.05, 3.63) is 41.3 Å². The molecular weight excluding hydrogens is 306 g/mol. The summed E-state index contributed by atoms with van der Waals surface area (Å²) in [7, 11) is 1.87. The van der Waals surface area contributed by atoms with Crippen molar-refractivity contribution in [2.24, 2.45) is 7.05 Å². The van der Waals surface area contributed by atoms with Gasteiger partial charge in [0, 0.05) is 37.6 Å². The lowest BCUT2D eigenvalue weighted by atomic mass is 10.1. The number of aromatic nitrogens is 3. The smallest absolute Gasteiger partial charge is 0.315 e. The maximum absolute atomic E-state index is 12.0. The van der Waals surface area contributed by atoms with Crippen LogP contribution in [0, 0.1) is 6.92 Å². The Bertz CT molecular complexity index is 666. The van der Waals surface area contributed by atoms with Gasteiger partial charge in [0.25, 0.3) is 0 Å². The normalized spacial score (nSPS) is 11.8. The lowest BCUT2D eigenvalue weighted by molar-refractivity contribution is 0.237. The fourth-order valence-electron chi connectivity index (χ4n) is 2.36. The molecule has 2 amide bonds. The summed E-state index contributed by atoms with van der Waals surface area (Å²) in [5, 5.41) is 10.0. The van der Waals surface area contributed by atoms with E-state index < -0.39 is 0 Å². The molecule has 7 nitrogen and oxygen atoms in total. The Kier molecular flexibility index (Phi) is 6.17. The standard InChI is InChI=1S/C17H25N5O2/c1-5-8-24-16-7-6-14(9-18-16)10-19-17(23)20-12(2)15-11-22(4)21-13(15)3/h6-7,9,11-12H,5,8,10H2,1-4H3,(H2,19,20,23)/t12-/m0/s1.